The van der Waals surface area contributed by atoms with Crippen molar-refractivity contribution in [1.82, 2.24) is 20.1 Å². The summed E-state index contributed by atoms with van der Waals surface area (Å²) in [6.45, 7) is 6.40. The van der Waals surface area contributed by atoms with Crippen molar-refractivity contribution in [3.63, 3.8) is 0 Å². The van der Waals surface area contributed by atoms with Crippen molar-refractivity contribution in [1.29, 1.82) is 0 Å². The van der Waals surface area contributed by atoms with Gasteiger partial charge in [-0.2, -0.15) is 5.10 Å². The maximum absolute atomic E-state index is 13.1. The highest BCUT2D eigenvalue weighted by molar-refractivity contribution is 6.06. The molecule has 0 radical (unpaired) electrons. The van der Waals surface area contributed by atoms with Gasteiger partial charge >= 0.3 is 0 Å². The second-order valence-electron chi connectivity index (χ2n) is 8.18. The zero-order valence-electron chi connectivity index (χ0n) is 17.8. The summed E-state index contributed by atoms with van der Waals surface area (Å²) in [5.41, 5.74) is 2.79. The molecule has 1 fully saturated rings. The number of rotatable bonds is 5. The first-order valence-corrected chi connectivity index (χ1v) is 10.8. The van der Waals surface area contributed by atoms with Gasteiger partial charge in [0.25, 0.3) is 5.91 Å². The number of amides is 1. The van der Waals surface area contributed by atoms with E-state index in [4.69, 9.17) is 19.2 Å². The fourth-order valence-electron chi connectivity index (χ4n) is 4.04. The smallest absolute Gasteiger partial charge is 0.252 e. The minimum absolute atomic E-state index is 0.0805. The van der Waals surface area contributed by atoms with Crippen LogP contribution in [0.5, 0.6) is 11.5 Å². The minimum Gasteiger partial charge on any atom is -0.486 e. The number of carbonyl (C=O) groups excluding carboxylic acids is 1. The first-order chi connectivity index (χ1) is 15.1. The summed E-state index contributed by atoms with van der Waals surface area (Å²) in [4.78, 5) is 18.0. The molecular formula is C23H26N4O4. The zero-order chi connectivity index (χ0) is 21.4. The number of aromatic nitrogens is 3. The van der Waals surface area contributed by atoms with Crippen LogP contribution in [0, 0.1) is 0 Å². The molecular weight excluding hydrogens is 396 g/mol. The van der Waals surface area contributed by atoms with Crippen LogP contribution in [0.2, 0.25) is 0 Å². The summed E-state index contributed by atoms with van der Waals surface area (Å²) < 4.78 is 18.8. The summed E-state index contributed by atoms with van der Waals surface area (Å²) in [5, 5.41) is 8.25. The number of nitrogens with zero attached hydrogens (tertiary/aromatic N) is 3. The van der Waals surface area contributed by atoms with Crippen LogP contribution in [0.3, 0.4) is 0 Å². The Kier molecular flexibility index (Phi) is 5.23. The highest BCUT2D eigenvalue weighted by atomic mass is 16.6. The van der Waals surface area contributed by atoms with Gasteiger partial charge in [-0.25, -0.2) is 9.67 Å². The summed E-state index contributed by atoms with van der Waals surface area (Å²) in [7, 11) is 0. The topological polar surface area (TPSA) is 87.5 Å². The van der Waals surface area contributed by atoms with Crippen LogP contribution in [0.4, 0.5) is 0 Å². The molecule has 1 aromatic carbocycles. The summed E-state index contributed by atoms with van der Waals surface area (Å²) in [6, 6.07) is 7.67. The molecule has 0 bridgehead atoms. The van der Waals surface area contributed by atoms with Crippen molar-refractivity contribution < 1.29 is 19.0 Å². The maximum Gasteiger partial charge on any atom is 0.252 e. The summed E-state index contributed by atoms with van der Waals surface area (Å²) in [6.07, 6.45) is 3.81. The van der Waals surface area contributed by atoms with Gasteiger partial charge in [0.15, 0.2) is 17.1 Å². The molecule has 0 spiro atoms. The van der Waals surface area contributed by atoms with E-state index in [0.29, 0.717) is 42.4 Å². The highest BCUT2D eigenvalue weighted by Gasteiger charge is 2.22. The zero-order valence-corrected chi connectivity index (χ0v) is 17.8. The molecule has 4 heterocycles. The van der Waals surface area contributed by atoms with Gasteiger partial charge in [0.1, 0.15) is 13.2 Å². The van der Waals surface area contributed by atoms with Crippen LogP contribution in [0.15, 0.2) is 30.5 Å². The standard InChI is InChI=1S/C23H26N4O4/c1-14(2)27-22-18(13-25-27)17(23(28)24-12-16-4-3-7-29-16)11-19(26-22)15-5-6-20-21(10-15)31-9-8-30-20/h5-6,10-11,13-14,16H,3-4,7-9,12H2,1-2H3,(H,24,28)/t16-/m1/s1. The molecule has 1 saturated heterocycles. The molecule has 0 unspecified atom stereocenters. The third kappa shape index (κ3) is 3.83. The van der Waals surface area contributed by atoms with Crippen molar-refractivity contribution >= 4 is 16.9 Å². The molecule has 0 aliphatic carbocycles. The lowest BCUT2D eigenvalue weighted by Gasteiger charge is -2.19. The molecule has 8 heteroatoms. The van der Waals surface area contributed by atoms with Gasteiger partial charge < -0.3 is 19.5 Å². The molecule has 2 aromatic heterocycles. The van der Waals surface area contributed by atoms with Crippen LogP contribution in [-0.4, -0.2) is 53.1 Å². The largest absolute Gasteiger partial charge is 0.486 e. The molecule has 8 nitrogen and oxygen atoms in total. The highest BCUT2D eigenvalue weighted by Crippen LogP contribution is 2.35. The molecule has 2 aliphatic heterocycles. The van der Waals surface area contributed by atoms with Crippen LogP contribution in [-0.2, 0) is 4.74 Å². The monoisotopic (exact) mass is 422 g/mol. The number of hydrogen-bond donors (Lipinski definition) is 1. The normalized spacial score (nSPS) is 18.0. The Morgan fingerprint density at radius 3 is 2.81 bits per heavy atom. The van der Waals surface area contributed by atoms with E-state index < -0.39 is 0 Å². The van der Waals surface area contributed by atoms with Crippen molar-refractivity contribution in [3.8, 4) is 22.8 Å². The minimum atomic E-state index is -0.148. The molecule has 1 atom stereocenters. The van der Waals surface area contributed by atoms with Crippen LogP contribution >= 0.6 is 0 Å². The lowest BCUT2D eigenvalue weighted by Crippen LogP contribution is -2.31. The van der Waals surface area contributed by atoms with Gasteiger partial charge in [-0.15, -0.1) is 0 Å². The molecule has 0 saturated carbocycles. The lowest BCUT2D eigenvalue weighted by atomic mass is 10.1. The van der Waals surface area contributed by atoms with Crippen molar-refractivity contribution in [2.45, 2.75) is 38.8 Å². The maximum atomic E-state index is 13.1. The van der Waals surface area contributed by atoms with E-state index in [0.717, 1.165) is 36.1 Å². The SMILES string of the molecule is CC(C)n1ncc2c(C(=O)NC[C@H]3CCCO3)cc(-c3ccc4c(c3)OCCO4)nc21. The third-order valence-corrected chi connectivity index (χ3v) is 5.65. The average molecular weight is 422 g/mol. The van der Waals surface area contributed by atoms with Crippen molar-refractivity contribution in [3.05, 3.63) is 36.0 Å². The molecule has 5 rings (SSSR count). The summed E-state index contributed by atoms with van der Waals surface area (Å²) >= 11 is 0. The van der Waals surface area contributed by atoms with Crippen LogP contribution in [0.25, 0.3) is 22.3 Å². The van der Waals surface area contributed by atoms with E-state index >= 15 is 0 Å². The van der Waals surface area contributed by atoms with E-state index in [9.17, 15) is 4.79 Å². The average Bonchev–Trinajstić information content (AvgIpc) is 3.46. The number of benzene rings is 1. The molecule has 2 aliphatic rings. The molecule has 162 valence electrons. The van der Waals surface area contributed by atoms with E-state index in [1.807, 2.05) is 42.8 Å². The fraction of sp³-hybridized carbons (Fsp3) is 0.435. The van der Waals surface area contributed by atoms with Gasteiger partial charge in [-0.3, -0.25) is 4.79 Å². The number of ether oxygens (including phenoxy) is 3. The van der Waals surface area contributed by atoms with Gasteiger partial charge in [0.2, 0.25) is 0 Å². The van der Waals surface area contributed by atoms with E-state index in [1.54, 1.807) is 6.20 Å². The molecule has 3 aromatic rings. The predicted octanol–water partition coefficient (Wildman–Crippen LogP) is 3.36. The van der Waals surface area contributed by atoms with E-state index in [1.165, 1.54) is 0 Å². The second kappa shape index (κ2) is 8.19. The van der Waals surface area contributed by atoms with Crippen LogP contribution < -0.4 is 14.8 Å². The van der Waals surface area contributed by atoms with Gasteiger partial charge in [-0.1, -0.05) is 0 Å². The van der Waals surface area contributed by atoms with Crippen molar-refractivity contribution in [2.75, 3.05) is 26.4 Å². The Bertz CT molecular complexity index is 1120. The Hall–Kier alpha value is -3.13. The van der Waals surface area contributed by atoms with E-state index in [2.05, 4.69) is 10.4 Å². The third-order valence-electron chi connectivity index (χ3n) is 5.65. The number of nitrogens with one attached hydrogen (secondary N) is 1. The van der Waals surface area contributed by atoms with Gasteiger partial charge in [0.05, 0.1) is 28.9 Å². The molecule has 1 amide bonds. The number of hydrogen-bond acceptors (Lipinski definition) is 6. The predicted molar refractivity (Wildman–Crippen MR) is 116 cm³/mol. The first kappa shape index (κ1) is 19.8. The Morgan fingerprint density at radius 1 is 1.19 bits per heavy atom. The number of fused-ring (bicyclic) bond motifs is 2. The fourth-order valence-corrected chi connectivity index (χ4v) is 4.04. The van der Waals surface area contributed by atoms with Crippen LogP contribution in [0.1, 0.15) is 43.1 Å². The van der Waals surface area contributed by atoms with Crippen molar-refractivity contribution in [2.24, 2.45) is 0 Å². The molecule has 31 heavy (non-hydrogen) atoms. The van der Waals surface area contributed by atoms with Gasteiger partial charge in [0, 0.05) is 24.8 Å². The van der Waals surface area contributed by atoms with Gasteiger partial charge in [-0.05, 0) is 51.0 Å². The second-order valence-corrected chi connectivity index (χ2v) is 8.18. The number of pyridine rings is 1. The van der Waals surface area contributed by atoms with E-state index in [-0.39, 0.29) is 18.1 Å². The Morgan fingerprint density at radius 2 is 2.03 bits per heavy atom. The lowest BCUT2D eigenvalue weighted by molar-refractivity contribution is 0.0859. The summed E-state index contributed by atoms with van der Waals surface area (Å²) in [5.74, 6) is 1.26. The molecule has 1 N–H and O–H groups in total. The number of carbonyl (C=O) groups is 1. The Labute approximate surface area is 180 Å². The quantitative estimate of drug-likeness (QED) is 0.678. The Balaban J connectivity index is 1.55. The first-order valence-electron chi connectivity index (χ1n) is 10.8.